The molecule has 1 aliphatic rings. The minimum Gasteiger partial charge on any atom is -0.506 e. The summed E-state index contributed by atoms with van der Waals surface area (Å²) >= 11 is 10.9. The van der Waals surface area contributed by atoms with Crippen LogP contribution in [0.5, 0.6) is 11.5 Å². The van der Waals surface area contributed by atoms with Crippen LogP contribution in [-0.2, 0) is 10.2 Å². The van der Waals surface area contributed by atoms with Crippen molar-refractivity contribution in [1.29, 1.82) is 0 Å². The number of benzene rings is 3. The van der Waals surface area contributed by atoms with Crippen LogP contribution in [0, 0.1) is 0 Å². The van der Waals surface area contributed by atoms with Gasteiger partial charge in [0.2, 0.25) is 5.91 Å². The topological polar surface area (TPSA) is 86.8 Å². The molecule has 5 nitrogen and oxygen atoms in total. The molecule has 36 heavy (non-hydrogen) atoms. The highest BCUT2D eigenvalue weighted by atomic mass is 35.5. The van der Waals surface area contributed by atoms with E-state index in [0.29, 0.717) is 6.42 Å². The molecule has 0 radical (unpaired) electrons. The molecule has 1 aliphatic heterocycles. The zero-order valence-corrected chi connectivity index (χ0v) is 22.3. The molecule has 1 amide bonds. The van der Waals surface area contributed by atoms with Gasteiger partial charge < -0.3 is 15.9 Å². The van der Waals surface area contributed by atoms with Crippen LogP contribution < -0.4 is 5.73 Å². The number of primary amides is 1. The van der Waals surface area contributed by atoms with Gasteiger partial charge >= 0.3 is 0 Å². The van der Waals surface area contributed by atoms with Gasteiger partial charge in [0.15, 0.2) is 0 Å². The first kappa shape index (κ1) is 27.9. The maximum atomic E-state index is 12.9. The Balaban J connectivity index is 0.000000303. The number of hydrogen-bond acceptors (Lipinski definition) is 4. The van der Waals surface area contributed by atoms with Gasteiger partial charge in [-0.3, -0.25) is 9.69 Å². The van der Waals surface area contributed by atoms with Crippen molar-refractivity contribution >= 4 is 29.1 Å². The average molecular weight is 530 g/mol. The molecular weight excluding hydrogens is 495 g/mol. The second kappa shape index (κ2) is 12.0. The van der Waals surface area contributed by atoms with Crippen molar-refractivity contribution < 1.29 is 15.0 Å². The fraction of sp³-hybridized carbons (Fsp3) is 0.345. The van der Waals surface area contributed by atoms with E-state index in [4.69, 9.17) is 39.1 Å². The number of phenolic OH excluding ortho intramolecular Hbond substituents is 2. The molecule has 3 aromatic rings. The number of rotatable bonds is 7. The summed E-state index contributed by atoms with van der Waals surface area (Å²) in [6.07, 6.45) is 4.16. The molecule has 0 unspecified atom stereocenters. The molecule has 0 saturated carbocycles. The van der Waals surface area contributed by atoms with Gasteiger partial charge in [0, 0.05) is 11.6 Å². The molecule has 0 aromatic heterocycles. The van der Waals surface area contributed by atoms with Crippen molar-refractivity contribution in [1.82, 2.24) is 4.90 Å². The van der Waals surface area contributed by atoms with Gasteiger partial charge in [-0.25, -0.2) is 0 Å². The standard InChI is InChI=1S/C23H30N2O.C6H4Cl2O2/c1-22(2,25-17-9-10-18-25)15-16-23(21(24)26,19-11-5-3-6-12-19)20-13-7-4-8-14-20;7-3-1-4(8)6(10)2-5(3)9/h3-8,11-14H,9-10,15-18H2,1-2H3,(H2,24,26);1-2,9-10H. The van der Waals surface area contributed by atoms with E-state index in [1.54, 1.807) is 0 Å². The minimum absolute atomic E-state index is 0.0563. The summed E-state index contributed by atoms with van der Waals surface area (Å²) in [5, 5.41) is 18.0. The summed E-state index contributed by atoms with van der Waals surface area (Å²) in [7, 11) is 0. The van der Waals surface area contributed by atoms with Gasteiger partial charge in [-0.05, 0) is 69.8 Å². The summed E-state index contributed by atoms with van der Waals surface area (Å²) in [5.41, 5.74) is 7.29. The number of amides is 1. The number of aromatic hydroxyl groups is 2. The molecular formula is C29H34Cl2N2O3. The first-order valence-corrected chi connectivity index (χ1v) is 12.9. The van der Waals surface area contributed by atoms with Crippen LogP contribution in [0.1, 0.15) is 50.7 Å². The average Bonchev–Trinajstić information content (AvgIpc) is 3.41. The number of likely N-dealkylation sites (tertiary alicyclic amines) is 1. The highest BCUT2D eigenvalue weighted by Gasteiger charge is 2.42. The largest absolute Gasteiger partial charge is 0.506 e. The quantitative estimate of drug-likeness (QED) is 0.325. The van der Waals surface area contributed by atoms with Crippen LogP contribution in [0.25, 0.3) is 0 Å². The Morgan fingerprint density at radius 3 is 1.67 bits per heavy atom. The summed E-state index contributed by atoms with van der Waals surface area (Å²) in [6, 6.07) is 22.4. The third-order valence-electron chi connectivity index (χ3n) is 7.04. The van der Waals surface area contributed by atoms with Crippen LogP contribution in [-0.4, -0.2) is 39.6 Å². The predicted octanol–water partition coefficient (Wildman–Crippen LogP) is 6.52. The van der Waals surface area contributed by atoms with E-state index in [2.05, 4.69) is 18.7 Å². The molecule has 0 atom stereocenters. The zero-order chi connectivity index (χ0) is 26.3. The zero-order valence-electron chi connectivity index (χ0n) is 20.8. The van der Waals surface area contributed by atoms with Crippen LogP contribution in [0.3, 0.4) is 0 Å². The van der Waals surface area contributed by atoms with Gasteiger partial charge in [-0.15, -0.1) is 0 Å². The Labute approximate surface area is 223 Å². The highest BCUT2D eigenvalue weighted by molar-refractivity contribution is 6.36. The van der Waals surface area contributed by atoms with Crippen LogP contribution in [0.4, 0.5) is 0 Å². The summed E-state index contributed by atoms with van der Waals surface area (Å²) in [6.45, 7) is 6.88. The molecule has 4 N–H and O–H groups in total. The van der Waals surface area contributed by atoms with Crippen molar-refractivity contribution in [3.05, 3.63) is 94.0 Å². The molecule has 1 fully saturated rings. The molecule has 0 spiro atoms. The molecule has 0 bridgehead atoms. The van der Waals surface area contributed by atoms with Crippen LogP contribution in [0.15, 0.2) is 72.8 Å². The predicted molar refractivity (Wildman–Crippen MR) is 147 cm³/mol. The number of nitrogens with zero attached hydrogens (tertiary/aromatic N) is 1. The number of hydrogen-bond donors (Lipinski definition) is 3. The monoisotopic (exact) mass is 528 g/mol. The Bertz CT molecular complexity index is 1060. The Hall–Kier alpha value is -2.73. The second-order valence-corrected chi connectivity index (χ2v) is 10.6. The summed E-state index contributed by atoms with van der Waals surface area (Å²) in [5.74, 6) is -0.626. The maximum absolute atomic E-state index is 12.9. The van der Waals surface area contributed by atoms with E-state index in [9.17, 15) is 4.79 Å². The van der Waals surface area contributed by atoms with Crippen molar-refractivity contribution in [2.45, 2.75) is 50.5 Å². The molecule has 3 aromatic carbocycles. The van der Waals surface area contributed by atoms with Gasteiger partial charge in [0.05, 0.1) is 15.5 Å². The molecule has 1 heterocycles. The van der Waals surface area contributed by atoms with Gasteiger partial charge in [0.25, 0.3) is 0 Å². The lowest BCUT2D eigenvalue weighted by Gasteiger charge is -2.40. The Morgan fingerprint density at radius 1 is 0.833 bits per heavy atom. The SMILES string of the molecule is CC(C)(CCC(C(N)=O)(c1ccccc1)c1ccccc1)N1CCCC1.Oc1cc(O)c(Cl)cc1Cl. The van der Waals surface area contributed by atoms with Gasteiger partial charge in [0.1, 0.15) is 11.5 Å². The lowest BCUT2D eigenvalue weighted by Crippen LogP contribution is -2.47. The lowest BCUT2D eigenvalue weighted by atomic mass is 9.69. The van der Waals surface area contributed by atoms with Crippen LogP contribution in [0.2, 0.25) is 10.0 Å². The highest BCUT2D eigenvalue weighted by Crippen LogP contribution is 2.40. The van der Waals surface area contributed by atoms with Gasteiger partial charge in [-0.2, -0.15) is 0 Å². The first-order valence-electron chi connectivity index (χ1n) is 12.1. The van der Waals surface area contributed by atoms with E-state index < -0.39 is 5.41 Å². The lowest BCUT2D eigenvalue weighted by molar-refractivity contribution is -0.122. The summed E-state index contributed by atoms with van der Waals surface area (Å²) in [4.78, 5) is 15.4. The fourth-order valence-electron chi connectivity index (χ4n) is 4.81. The van der Waals surface area contributed by atoms with E-state index in [0.717, 1.165) is 36.7 Å². The number of carbonyl (C=O) groups excluding carboxylic acids is 1. The van der Waals surface area contributed by atoms with E-state index in [-0.39, 0.29) is 33.0 Å². The van der Waals surface area contributed by atoms with E-state index in [1.807, 2.05) is 60.7 Å². The fourth-order valence-corrected chi connectivity index (χ4v) is 5.19. The van der Waals surface area contributed by atoms with Crippen molar-refractivity contribution in [2.24, 2.45) is 5.73 Å². The molecule has 4 rings (SSSR count). The summed E-state index contributed by atoms with van der Waals surface area (Å²) < 4.78 is 0. The smallest absolute Gasteiger partial charge is 0.232 e. The number of carbonyl (C=O) groups is 1. The molecule has 0 aliphatic carbocycles. The molecule has 192 valence electrons. The normalized spacial score (nSPS) is 14.2. The molecule has 1 saturated heterocycles. The van der Waals surface area contributed by atoms with Crippen molar-refractivity contribution in [3.63, 3.8) is 0 Å². The van der Waals surface area contributed by atoms with Crippen molar-refractivity contribution in [2.75, 3.05) is 13.1 Å². The van der Waals surface area contributed by atoms with Crippen LogP contribution >= 0.6 is 23.2 Å². The molecule has 7 heteroatoms. The number of nitrogens with two attached hydrogens (primary N) is 1. The number of phenols is 2. The third kappa shape index (κ3) is 6.33. The Morgan fingerprint density at radius 2 is 1.28 bits per heavy atom. The van der Waals surface area contributed by atoms with Crippen molar-refractivity contribution in [3.8, 4) is 11.5 Å². The number of halogens is 2. The Kier molecular flexibility index (Phi) is 9.29. The second-order valence-electron chi connectivity index (χ2n) is 9.76. The van der Waals surface area contributed by atoms with E-state index in [1.165, 1.54) is 18.9 Å². The van der Waals surface area contributed by atoms with Gasteiger partial charge in [-0.1, -0.05) is 83.9 Å². The third-order valence-corrected chi connectivity index (χ3v) is 7.65. The van der Waals surface area contributed by atoms with E-state index >= 15 is 0 Å². The minimum atomic E-state index is -0.792. The maximum Gasteiger partial charge on any atom is 0.232 e. The first-order chi connectivity index (χ1) is 17.1.